The summed E-state index contributed by atoms with van der Waals surface area (Å²) in [6.45, 7) is 0. The van der Waals surface area contributed by atoms with Crippen LogP contribution < -0.4 is 19.3 Å². The number of rotatable bonds is 12. The number of nitrogens with zero attached hydrogens (tertiary/aromatic N) is 2. The van der Waals surface area contributed by atoms with Crippen molar-refractivity contribution in [2.24, 2.45) is 0 Å². The molecule has 0 radical (unpaired) electrons. The van der Waals surface area contributed by atoms with Crippen molar-refractivity contribution in [2.45, 2.75) is 40.5 Å². The van der Waals surface area contributed by atoms with Gasteiger partial charge in [-0.05, 0) is 66.1 Å². The molecule has 14 heteroatoms. The number of aromatic hydroxyl groups is 2. The molecular weight excluding hydrogens is 697 g/mol. The Morgan fingerprint density at radius 2 is 1.06 bits per heavy atom. The van der Waals surface area contributed by atoms with Gasteiger partial charge in [0.2, 0.25) is 11.8 Å². The molecule has 0 aromatic heterocycles. The van der Waals surface area contributed by atoms with Crippen molar-refractivity contribution in [1.29, 1.82) is 0 Å². The molecule has 0 aliphatic carbocycles. The highest BCUT2D eigenvalue weighted by Gasteiger charge is 2.45. The molecule has 4 aromatic rings. The Kier molecular flexibility index (Phi) is 10.3. The van der Waals surface area contributed by atoms with E-state index in [9.17, 15) is 39.6 Å². The quantitative estimate of drug-likeness (QED) is 0.135. The van der Waals surface area contributed by atoms with Crippen LogP contribution in [0, 0.1) is 0 Å². The maximum atomic E-state index is 13.6. The van der Waals surface area contributed by atoms with Crippen molar-refractivity contribution in [3.05, 3.63) is 107 Å². The fourth-order valence-corrected chi connectivity index (χ4v) is 9.24. The molecular formula is C37H34N2O10S2. The third kappa shape index (κ3) is 7.42. The lowest BCUT2D eigenvalue weighted by Gasteiger charge is -2.27. The standard InChI is InChI=1S/C37H34N2O10S2/c1-48-28-11-9-20(14-26(28)36-38(22-5-3-7-24(40)16-22)34(46)30(50-36)18-32(42)43)13-21-10-12-29(49-2)27(15-21)37-39(23-6-4-8-25(41)17-23)35(47)31(51-37)19-33(44)45/h3-12,14-17,30-31,36-37,40-41H,13,18-19H2,1-2H3,(H,42,43)(H,44,45). The van der Waals surface area contributed by atoms with Gasteiger partial charge in [0.15, 0.2) is 0 Å². The van der Waals surface area contributed by atoms with E-state index in [2.05, 4.69) is 0 Å². The number of phenols is 2. The predicted octanol–water partition coefficient (Wildman–Crippen LogP) is 5.95. The van der Waals surface area contributed by atoms with Crippen LogP contribution in [0.5, 0.6) is 23.0 Å². The van der Waals surface area contributed by atoms with Crippen LogP contribution in [0.2, 0.25) is 0 Å². The fourth-order valence-electron chi connectivity index (χ4n) is 6.32. The van der Waals surface area contributed by atoms with E-state index >= 15 is 0 Å². The first-order valence-corrected chi connectivity index (χ1v) is 17.7. The highest BCUT2D eigenvalue weighted by Crippen LogP contribution is 2.51. The van der Waals surface area contributed by atoms with Gasteiger partial charge >= 0.3 is 11.9 Å². The first-order chi connectivity index (χ1) is 24.5. The van der Waals surface area contributed by atoms with Gasteiger partial charge in [0.25, 0.3) is 0 Å². The van der Waals surface area contributed by atoms with Gasteiger partial charge in [-0.2, -0.15) is 0 Å². The topological polar surface area (TPSA) is 174 Å². The van der Waals surface area contributed by atoms with E-state index in [-0.39, 0.29) is 24.3 Å². The van der Waals surface area contributed by atoms with Gasteiger partial charge < -0.3 is 29.9 Å². The maximum Gasteiger partial charge on any atom is 0.305 e. The summed E-state index contributed by atoms with van der Waals surface area (Å²) in [5, 5.41) is 36.4. The number of carbonyl (C=O) groups excluding carboxylic acids is 2. The lowest BCUT2D eigenvalue weighted by molar-refractivity contribution is -0.138. The molecule has 0 spiro atoms. The molecule has 4 unspecified atom stereocenters. The Balaban J connectivity index is 1.37. The minimum absolute atomic E-state index is 0.0409. The number of hydrogen-bond acceptors (Lipinski definition) is 10. The molecule has 2 amide bonds. The fraction of sp³-hybridized carbons (Fsp3) is 0.243. The van der Waals surface area contributed by atoms with Gasteiger partial charge in [-0.25, -0.2) is 0 Å². The van der Waals surface area contributed by atoms with Crippen LogP contribution >= 0.6 is 23.5 Å². The number of hydrogen-bond donors (Lipinski definition) is 4. The highest BCUT2D eigenvalue weighted by atomic mass is 32.2. The third-order valence-corrected chi connectivity index (χ3v) is 11.4. The summed E-state index contributed by atoms with van der Waals surface area (Å²) in [6, 6.07) is 23.6. The van der Waals surface area contributed by atoms with Crippen molar-refractivity contribution in [2.75, 3.05) is 24.0 Å². The maximum absolute atomic E-state index is 13.6. The summed E-state index contributed by atoms with van der Waals surface area (Å²) in [7, 11) is 3.03. The Hall–Kier alpha value is -5.34. The highest BCUT2D eigenvalue weighted by molar-refractivity contribution is 8.01. The van der Waals surface area contributed by atoms with Crippen LogP contribution in [-0.4, -0.2) is 68.9 Å². The van der Waals surface area contributed by atoms with Crippen molar-refractivity contribution < 1.29 is 49.1 Å². The van der Waals surface area contributed by atoms with E-state index in [1.807, 2.05) is 24.3 Å². The van der Waals surface area contributed by atoms with Gasteiger partial charge in [-0.1, -0.05) is 24.3 Å². The number of aliphatic carboxylic acids is 2. The number of amides is 2. The van der Waals surface area contributed by atoms with Crippen LogP contribution in [-0.2, 0) is 25.6 Å². The summed E-state index contributed by atoms with van der Waals surface area (Å²) in [6.07, 6.45) is -0.346. The molecule has 4 N–H and O–H groups in total. The molecule has 264 valence electrons. The SMILES string of the molecule is COc1ccc(Cc2ccc(OC)c(C3SC(CC(=O)O)C(=O)N3c3cccc(O)c3)c2)cc1C1SC(CC(=O)O)C(=O)N1c1cccc(O)c1. The van der Waals surface area contributed by atoms with Gasteiger partial charge in [0.05, 0.1) is 37.6 Å². The molecule has 51 heavy (non-hydrogen) atoms. The summed E-state index contributed by atoms with van der Waals surface area (Å²) in [5.41, 5.74) is 3.80. The number of benzene rings is 4. The normalized spacial score (nSPS) is 20.1. The minimum Gasteiger partial charge on any atom is -0.508 e. The van der Waals surface area contributed by atoms with E-state index in [0.29, 0.717) is 40.4 Å². The molecule has 0 bridgehead atoms. The number of phenolic OH excluding ortho intramolecular Hbond substituents is 2. The molecule has 4 atom stereocenters. The summed E-state index contributed by atoms with van der Waals surface area (Å²) in [5.74, 6) is -2.10. The van der Waals surface area contributed by atoms with E-state index in [4.69, 9.17) is 9.47 Å². The number of methoxy groups -OCH3 is 2. The van der Waals surface area contributed by atoms with Crippen LogP contribution in [0.25, 0.3) is 0 Å². The average molecular weight is 731 g/mol. The van der Waals surface area contributed by atoms with Crippen LogP contribution in [0.3, 0.4) is 0 Å². The van der Waals surface area contributed by atoms with Crippen molar-refractivity contribution in [3.8, 4) is 23.0 Å². The molecule has 2 aliphatic rings. The zero-order valence-electron chi connectivity index (χ0n) is 27.5. The molecule has 2 heterocycles. The zero-order chi connectivity index (χ0) is 36.4. The number of ether oxygens (including phenoxy) is 2. The molecule has 2 aliphatic heterocycles. The zero-order valence-corrected chi connectivity index (χ0v) is 29.1. The number of thioether (sulfide) groups is 2. The van der Waals surface area contributed by atoms with Gasteiger partial charge in [0.1, 0.15) is 33.7 Å². The summed E-state index contributed by atoms with van der Waals surface area (Å²) in [4.78, 5) is 53.6. The van der Waals surface area contributed by atoms with Gasteiger partial charge in [0, 0.05) is 34.6 Å². The monoisotopic (exact) mass is 730 g/mol. The predicted molar refractivity (Wildman–Crippen MR) is 193 cm³/mol. The van der Waals surface area contributed by atoms with E-state index in [1.54, 1.807) is 36.4 Å². The third-order valence-electron chi connectivity index (χ3n) is 8.55. The van der Waals surface area contributed by atoms with Crippen molar-refractivity contribution in [3.63, 3.8) is 0 Å². The van der Waals surface area contributed by atoms with Crippen LogP contribution in [0.1, 0.15) is 45.8 Å². The Labute approximate surface area is 301 Å². The lowest BCUT2D eigenvalue weighted by atomic mass is 9.99. The molecule has 0 saturated carbocycles. The number of carbonyl (C=O) groups is 4. The second-order valence-corrected chi connectivity index (χ2v) is 14.5. The van der Waals surface area contributed by atoms with Crippen molar-refractivity contribution in [1.82, 2.24) is 0 Å². The number of anilines is 2. The number of carboxylic acid groups (broad SMARTS) is 2. The van der Waals surface area contributed by atoms with Crippen LogP contribution in [0.15, 0.2) is 84.9 Å². The molecule has 6 rings (SSSR count). The minimum atomic E-state index is -1.10. The number of carboxylic acids is 2. The van der Waals surface area contributed by atoms with E-state index < -0.39 is 45.0 Å². The van der Waals surface area contributed by atoms with Gasteiger partial charge in [-0.3, -0.25) is 29.0 Å². The Morgan fingerprint density at radius 3 is 1.41 bits per heavy atom. The molecule has 2 saturated heterocycles. The Morgan fingerprint density at radius 1 is 0.647 bits per heavy atom. The second kappa shape index (κ2) is 14.9. The molecule has 12 nitrogen and oxygen atoms in total. The average Bonchev–Trinajstić information content (AvgIpc) is 3.59. The Bertz CT molecular complexity index is 1860. The summed E-state index contributed by atoms with van der Waals surface area (Å²) >= 11 is 2.40. The summed E-state index contributed by atoms with van der Waals surface area (Å²) < 4.78 is 11.4. The van der Waals surface area contributed by atoms with Gasteiger partial charge in [-0.15, -0.1) is 23.5 Å². The van der Waals surface area contributed by atoms with Crippen molar-refractivity contribution >= 4 is 58.7 Å². The van der Waals surface area contributed by atoms with Crippen LogP contribution in [0.4, 0.5) is 11.4 Å². The molecule has 4 aromatic carbocycles. The second-order valence-electron chi connectivity index (χ2n) is 11.9. The van der Waals surface area contributed by atoms with E-state index in [1.165, 1.54) is 71.8 Å². The van der Waals surface area contributed by atoms with E-state index in [0.717, 1.165) is 11.1 Å². The first-order valence-electron chi connectivity index (χ1n) is 15.8. The first kappa shape index (κ1) is 35.5. The largest absolute Gasteiger partial charge is 0.508 e. The molecule has 2 fully saturated rings. The lowest BCUT2D eigenvalue weighted by Crippen LogP contribution is -2.32. The smallest absolute Gasteiger partial charge is 0.305 e.